The molecule has 1 amide bonds. The molecule has 16 nitrogen and oxygen atoms in total. The fourth-order valence-corrected chi connectivity index (χ4v) is 10.5. The Morgan fingerprint density at radius 1 is 0.987 bits per heavy atom. The number of methoxy groups -OCH3 is 1. The first-order chi connectivity index (χ1) is 35.8. The van der Waals surface area contributed by atoms with Gasteiger partial charge in [-0.1, -0.05) is 45.4 Å². The number of allylic oxidation sites excluding steroid dienone is 1. The van der Waals surface area contributed by atoms with Gasteiger partial charge in [0.2, 0.25) is 0 Å². The maximum atomic E-state index is 16.6. The van der Waals surface area contributed by atoms with E-state index in [4.69, 9.17) is 36.5 Å². The number of aliphatic hydroxyl groups is 1. The molecule has 4 aliphatic rings. The van der Waals surface area contributed by atoms with Gasteiger partial charge in [0.05, 0.1) is 63.5 Å². The van der Waals surface area contributed by atoms with E-state index in [0.29, 0.717) is 41.1 Å². The molecule has 10 rings (SSSR count). The van der Waals surface area contributed by atoms with Crippen LogP contribution in [-0.4, -0.2) is 111 Å². The van der Waals surface area contributed by atoms with E-state index < -0.39 is 46.9 Å². The largest absolute Gasteiger partial charge is 0.489 e. The first kappa shape index (κ1) is 54.4. The molecule has 0 aliphatic carbocycles. The maximum absolute atomic E-state index is 16.6. The number of esters is 1. The highest BCUT2D eigenvalue weighted by Crippen LogP contribution is 2.45. The van der Waals surface area contributed by atoms with Crippen LogP contribution in [0.4, 0.5) is 29.2 Å². The number of carbonyl (C=O) groups is 2. The van der Waals surface area contributed by atoms with Crippen molar-refractivity contribution in [2.45, 2.75) is 98.7 Å². The van der Waals surface area contributed by atoms with E-state index in [-0.39, 0.29) is 101 Å². The molecule has 0 saturated carbocycles. The van der Waals surface area contributed by atoms with Crippen molar-refractivity contribution in [3.05, 3.63) is 103 Å². The summed E-state index contributed by atoms with van der Waals surface area (Å²) < 4.78 is 77.8. The lowest BCUT2D eigenvalue weighted by molar-refractivity contribution is -0.157. The quantitative estimate of drug-likeness (QED) is 0.0791. The first-order valence-electron chi connectivity index (χ1n) is 25.0. The zero-order valence-electron chi connectivity index (χ0n) is 43.1. The van der Waals surface area contributed by atoms with Gasteiger partial charge in [-0.25, -0.2) is 19.2 Å². The standard InChI is InChI=1S/C47H43ClF4N8O7.C5H11N.C2H6/c1-6-8-23(19-66-24-9-10-32-26(14-24)25(7-2)29-18-60-33(38(29)54-32)16-27-30(44(60)63)20-67-45(64)41(27)61)43(62)58-11-12-59(22(4)17-58)42-28-15-31(48)35(37(49)39(28)56-46(57-42)65-5)40-36(47(50,51)52)21(3)13-34(53)55-40;1-6-4-2-3-5-6;1-2/h8-10,13-16,22,41,61H,6-7,11-12,17-20H2,1-5H3,(H2,53,55);2-5H2,1H3;1-2H3/b23-8+;;. The third-order valence-electron chi connectivity index (χ3n) is 13.8. The zero-order valence-corrected chi connectivity index (χ0v) is 43.9. The third-order valence-corrected chi connectivity index (χ3v) is 14.1. The minimum Gasteiger partial charge on any atom is -0.489 e. The van der Waals surface area contributed by atoms with Crippen molar-refractivity contribution in [2.75, 3.05) is 64.1 Å². The Hall–Kier alpha value is -6.90. The Morgan fingerprint density at radius 2 is 1.72 bits per heavy atom. The molecule has 0 bridgehead atoms. The third kappa shape index (κ3) is 10.4. The number of cyclic esters (lactones) is 1. The minimum atomic E-state index is -4.91. The number of likely N-dealkylation sites (tertiary alicyclic amines) is 1. The molecule has 2 saturated heterocycles. The number of aryl methyl sites for hydroxylation is 2. The molecule has 75 heavy (non-hydrogen) atoms. The Kier molecular flexibility index (Phi) is 16.0. The highest BCUT2D eigenvalue weighted by molar-refractivity contribution is 6.34. The lowest BCUT2D eigenvalue weighted by Gasteiger charge is -2.41. The number of aromatic nitrogens is 5. The predicted octanol–water partition coefficient (Wildman–Crippen LogP) is 8.98. The van der Waals surface area contributed by atoms with Gasteiger partial charge in [-0.3, -0.25) is 9.59 Å². The second kappa shape index (κ2) is 22.1. The number of nitrogen functional groups attached to an aromatic ring is 1. The van der Waals surface area contributed by atoms with Crippen molar-refractivity contribution in [1.29, 1.82) is 0 Å². The van der Waals surface area contributed by atoms with Crippen LogP contribution in [0.5, 0.6) is 11.8 Å². The second-order valence-corrected chi connectivity index (χ2v) is 19.0. The van der Waals surface area contributed by atoms with E-state index in [1.165, 1.54) is 46.0 Å². The summed E-state index contributed by atoms with van der Waals surface area (Å²) in [5.41, 5.74) is 6.74. The summed E-state index contributed by atoms with van der Waals surface area (Å²) in [6, 6.07) is 8.77. The summed E-state index contributed by atoms with van der Waals surface area (Å²) in [6.07, 6.45) is -0.686. The first-order valence-corrected chi connectivity index (χ1v) is 25.4. The van der Waals surface area contributed by atoms with Gasteiger partial charge < -0.3 is 44.3 Å². The van der Waals surface area contributed by atoms with Crippen molar-refractivity contribution in [1.82, 2.24) is 34.3 Å². The maximum Gasteiger partial charge on any atom is 0.418 e. The van der Waals surface area contributed by atoms with Crippen LogP contribution in [-0.2, 0) is 40.1 Å². The van der Waals surface area contributed by atoms with Crippen LogP contribution < -0.4 is 25.7 Å². The molecule has 2 fully saturated rings. The number of nitrogens with two attached hydrogens (primary N) is 1. The second-order valence-electron chi connectivity index (χ2n) is 18.6. The number of hydrogen-bond donors (Lipinski definition) is 2. The molecule has 0 radical (unpaired) electrons. The van der Waals surface area contributed by atoms with Gasteiger partial charge in [-0.2, -0.15) is 23.1 Å². The Bertz CT molecular complexity index is 3310. The monoisotopic (exact) mass is 1060 g/mol. The van der Waals surface area contributed by atoms with Crippen molar-refractivity contribution >= 4 is 56.9 Å². The van der Waals surface area contributed by atoms with Crippen molar-refractivity contribution in [3.63, 3.8) is 0 Å². The number of hydrogen-bond acceptors (Lipinski definition) is 14. The Labute approximate surface area is 436 Å². The lowest BCUT2D eigenvalue weighted by Crippen LogP contribution is -2.54. The van der Waals surface area contributed by atoms with Gasteiger partial charge in [0, 0.05) is 47.6 Å². The number of aliphatic hydroxyl groups excluding tert-OH is 1. The summed E-state index contributed by atoms with van der Waals surface area (Å²) in [4.78, 5) is 63.3. The fourth-order valence-electron chi connectivity index (χ4n) is 10.3. The van der Waals surface area contributed by atoms with E-state index in [1.807, 2.05) is 57.7 Å². The molecular formula is C54H60ClF4N9O7. The topological polar surface area (TPSA) is 191 Å². The van der Waals surface area contributed by atoms with E-state index in [1.54, 1.807) is 21.6 Å². The number of amides is 1. The zero-order chi connectivity index (χ0) is 54.2. The molecule has 4 aliphatic heterocycles. The molecule has 8 heterocycles. The molecule has 2 aromatic carbocycles. The minimum absolute atomic E-state index is 0.0482. The summed E-state index contributed by atoms with van der Waals surface area (Å²) in [5, 5.41) is 11.1. The number of rotatable bonds is 9. The Morgan fingerprint density at radius 3 is 2.36 bits per heavy atom. The van der Waals surface area contributed by atoms with Crippen LogP contribution >= 0.6 is 11.6 Å². The molecular weight excluding hydrogens is 998 g/mol. The van der Waals surface area contributed by atoms with Gasteiger partial charge in [0.25, 0.3) is 11.5 Å². The molecule has 4 aromatic heterocycles. The van der Waals surface area contributed by atoms with Crippen LogP contribution in [0.2, 0.25) is 5.02 Å². The van der Waals surface area contributed by atoms with E-state index in [2.05, 4.69) is 26.9 Å². The van der Waals surface area contributed by atoms with Crippen LogP contribution in [0, 0.1) is 12.7 Å². The number of alkyl halides is 3. The number of piperazine rings is 1. The predicted molar refractivity (Wildman–Crippen MR) is 278 cm³/mol. The van der Waals surface area contributed by atoms with Crippen LogP contribution in [0.1, 0.15) is 93.4 Å². The van der Waals surface area contributed by atoms with Crippen molar-refractivity contribution < 1.29 is 46.5 Å². The summed E-state index contributed by atoms with van der Waals surface area (Å²) in [6.45, 7) is 14.3. The molecule has 398 valence electrons. The summed E-state index contributed by atoms with van der Waals surface area (Å²) in [7, 11) is 3.45. The molecule has 3 N–H and O–H groups in total. The van der Waals surface area contributed by atoms with E-state index >= 15 is 4.39 Å². The molecule has 2 unspecified atom stereocenters. The number of benzene rings is 2. The number of ether oxygens (including phenoxy) is 3. The number of carbonyl (C=O) groups excluding carboxylic acids is 2. The van der Waals surface area contributed by atoms with Gasteiger partial charge >= 0.3 is 18.2 Å². The SMILES string of the molecule is CC.CC/C=C(\COc1ccc2nc3c(c(CC)c2c1)Cn1c-3cc2c(c1=O)COC(=O)C2O)C(=O)N1CCN(c2nc(OC)nc3c(F)c(-c4nc(N)cc(C)c4C(F)(F)F)c(Cl)cc23)C(C)C1.CN1CCCC1. The smallest absolute Gasteiger partial charge is 0.418 e. The van der Waals surface area contributed by atoms with Crippen molar-refractivity contribution in [3.8, 4) is 34.4 Å². The summed E-state index contributed by atoms with van der Waals surface area (Å²) >= 11 is 6.61. The highest BCUT2D eigenvalue weighted by Gasteiger charge is 2.40. The molecule has 6 aromatic rings. The number of anilines is 2. The van der Waals surface area contributed by atoms with Crippen LogP contribution in [0.3, 0.4) is 0 Å². The summed E-state index contributed by atoms with van der Waals surface area (Å²) in [5.74, 6) is -1.78. The number of fused-ring (bicyclic) bond motifs is 6. The van der Waals surface area contributed by atoms with Crippen LogP contribution in [0.25, 0.3) is 44.5 Å². The molecule has 2 atom stereocenters. The number of nitrogens with zero attached hydrogens (tertiary/aromatic N) is 8. The highest BCUT2D eigenvalue weighted by atomic mass is 35.5. The number of pyridine rings is 3. The van der Waals surface area contributed by atoms with E-state index in [9.17, 15) is 32.7 Å². The van der Waals surface area contributed by atoms with Gasteiger partial charge in [-0.15, -0.1) is 0 Å². The Balaban J connectivity index is 0.000000863. The molecule has 21 heteroatoms. The molecule has 0 spiro atoms. The van der Waals surface area contributed by atoms with Crippen molar-refractivity contribution in [2.24, 2.45) is 0 Å². The van der Waals surface area contributed by atoms with Gasteiger partial charge in [-0.05, 0) is 107 Å². The normalized spacial score (nSPS) is 17.4. The number of halogens is 5. The van der Waals surface area contributed by atoms with E-state index in [0.717, 1.165) is 22.6 Å². The van der Waals surface area contributed by atoms with Gasteiger partial charge in [0.1, 0.15) is 36.1 Å². The lowest BCUT2D eigenvalue weighted by atomic mass is 9.97. The van der Waals surface area contributed by atoms with Gasteiger partial charge in [0.15, 0.2) is 11.9 Å². The average Bonchev–Trinajstić information content (AvgIpc) is 4.02. The average molecular weight is 1060 g/mol. The fraction of sp³-hybridized carbons (Fsp3) is 0.426. The van der Waals surface area contributed by atoms with Crippen LogP contribution in [0.15, 0.2) is 52.8 Å².